The number of hydrogen-bond donors (Lipinski definition) is 0. The minimum Gasteiger partial charge on any atom is -0.480 e. The summed E-state index contributed by atoms with van der Waals surface area (Å²) in [7, 11) is 1.45. The van der Waals surface area contributed by atoms with Crippen molar-refractivity contribution >= 4 is 21.9 Å². The second-order valence-corrected chi connectivity index (χ2v) is 5.88. The molecule has 0 aliphatic rings. The van der Waals surface area contributed by atoms with Gasteiger partial charge in [0.05, 0.1) is 18.9 Å². The fraction of sp³-hybridized carbons (Fsp3) is 0.538. The zero-order valence-electron chi connectivity index (χ0n) is 12.0. The molecule has 0 saturated heterocycles. The zero-order chi connectivity index (χ0) is 15.5. The summed E-state index contributed by atoms with van der Waals surface area (Å²) in [5.74, 6) is -1.52. The van der Waals surface area contributed by atoms with Gasteiger partial charge in [-0.05, 0) is 43.6 Å². The first-order valence-corrected chi connectivity index (χ1v) is 6.69. The number of nitriles is 1. The van der Waals surface area contributed by atoms with Crippen LogP contribution in [0.5, 0.6) is 5.88 Å². The molecule has 7 heteroatoms. The van der Waals surface area contributed by atoms with E-state index in [0.717, 1.165) is 0 Å². The maximum absolute atomic E-state index is 12.0. The second kappa shape index (κ2) is 6.18. The first-order chi connectivity index (χ1) is 9.19. The molecule has 0 fully saturated rings. The van der Waals surface area contributed by atoms with E-state index in [4.69, 9.17) is 9.47 Å². The maximum atomic E-state index is 12.0. The Labute approximate surface area is 126 Å². The number of nitrogens with zero attached hydrogens (tertiary/aromatic N) is 3. The van der Waals surface area contributed by atoms with Crippen molar-refractivity contribution in [3.05, 3.63) is 16.0 Å². The summed E-state index contributed by atoms with van der Waals surface area (Å²) in [5.41, 5.74) is -0.101. The van der Waals surface area contributed by atoms with E-state index in [1.165, 1.54) is 7.11 Å². The van der Waals surface area contributed by atoms with Crippen molar-refractivity contribution < 1.29 is 14.3 Å². The quantitative estimate of drug-likeness (QED) is 0.785. The highest BCUT2D eigenvalue weighted by Crippen LogP contribution is 2.27. The van der Waals surface area contributed by atoms with Crippen LogP contribution in [0.3, 0.4) is 0 Å². The minimum absolute atomic E-state index is 0.0688. The summed E-state index contributed by atoms with van der Waals surface area (Å²) >= 11 is 3.28. The Hall–Kier alpha value is -1.68. The molecule has 0 saturated carbocycles. The highest BCUT2D eigenvalue weighted by atomic mass is 79.9. The van der Waals surface area contributed by atoms with E-state index >= 15 is 0 Å². The van der Waals surface area contributed by atoms with Crippen LogP contribution in [0.4, 0.5) is 0 Å². The van der Waals surface area contributed by atoms with E-state index in [-0.39, 0.29) is 11.7 Å². The fourth-order valence-corrected chi connectivity index (χ4v) is 1.73. The number of aryl methyl sites for hydroxylation is 1. The van der Waals surface area contributed by atoms with Gasteiger partial charge >= 0.3 is 5.97 Å². The molecule has 1 aromatic rings. The van der Waals surface area contributed by atoms with E-state index in [1.807, 2.05) is 6.07 Å². The SMILES string of the molecule is COc1nc(C(C#N)C(=O)OC(C)(C)C)nc(C)c1Br. The van der Waals surface area contributed by atoms with Gasteiger partial charge in [0.25, 0.3) is 0 Å². The number of methoxy groups -OCH3 is 1. The average Bonchev–Trinajstić information content (AvgIpc) is 2.31. The van der Waals surface area contributed by atoms with Crippen LogP contribution in [0.15, 0.2) is 4.47 Å². The summed E-state index contributed by atoms with van der Waals surface area (Å²) in [6, 6.07) is 1.87. The van der Waals surface area contributed by atoms with Crippen molar-refractivity contribution in [2.45, 2.75) is 39.2 Å². The lowest BCUT2D eigenvalue weighted by Gasteiger charge is -2.21. The number of esters is 1. The molecular formula is C13H16BrN3O3. The Bertz CT molecular complexity index is 561. The molecule has 0 aliphatic heterocycles. The zero-order valence-corrected chi connectivity index (χ0v) is 13.6. The van der Waals surface area contributed by atoms with Gasteiger partial charge in [0, 0.05) is 0 Å². The molecular weight excluding hydrogens is 326 g/mol. The Morgan fingerprint density at radius 1 is 1.40 bits per heavy atom. The van der Waals surface area contributed by atoms with Crippen LogP contribution in [0.1, 0.15) is 38.2 Å². The van der Waals surface area contributed by atoms with Crippen LogP contribution in [0.2, 0.25) is 0 Å². The number of carbonyl (C=O) groups is 1. The average molecular weight is 342 g/mol. The van der Waals surface area contributed by atoms with E-state index in [2.05, 4.69) is 25.9 Å². The first kappa shape index (κ1) is 16.4. The van der Waals surface area contributed by atoms with Gasteiger partial charge in [-0.2, -0.15) is 10.2 Å². The van der Waals surface area contributed by atoms with Crippen molar-refractivity contribution in [3.8, 4) is 11.9 Å². The molecule has 1 rings (SSSR count). The molecule has 20 heavy (non-hydrogen) atoms. The number of aromatic nitrogens is 2. The van der Waals surface area contributed by atoms with E-state index in [0.29, 0.717) is 10.2 Å². The van der Waals surface area contributed by atoms with Crippen LogP contribution in [-0.4, -0.2) is 28.6 Å². The van der Waals surface area contributed by atoms with Gasteiger partial charge in [-0.3, -0.25) is 4.79 Å². The van der Waals surface area contributed by atoms with E-state index in [1.54, 1.807) is 27.7 Å². The van der Waals surface area contributed by atoms with Gasteiger partial charge in [0.15, 0.2) is 5.82 Å². The molecule has 108 valence electrons. The van der Waals surface area contributed by atoms with Crippen molar-refractivity contribution in [3.63, 3.8) is 0 Å². The van der Waals surface area contributed by atoms with Gasteiger partial charge in [0.2, 0.25) is 11.8 Å². The monoisotopic (exact) mass is 341 g/mol. The third kappa shape index (κ3) is 3.90. The highest BCUT2D eigenvalue weighted by molar-refractivity contribution is 9.10. The minimum atomic E-state index is -1.19. The Morgan fingerprint density at radius 3 is 2.45 bits per heavy atom. The molecule has 6 nitrogen and oxygen atoms in total. The lowest BCUT2D eigenvalue weighted by atomic mass is 10.1. The topological polar surface area (TPSA) is 85.1 Å². The molecule has 1 unspecified atom stereocenters. The normalized spacial score (nSPS) is 12.4. The molecule has 0 spiro atoms. The lowest BCUT2D eigenvalue weighted by Crippen LogP contribution is -2.28. The predicted octanol–water partition coefficient (Wildman–Crippen LogP) is 2.51. The van der Waals surface area contributed by atoms with Crippen LogP contribution in [0, 0.1) is 18.3 Å². The van der Waals surface area contributed by atoms with Crippen LogP contribution in [-0.2, 0) is 9.53 Å². The number of carbonyl (C=O) groups excluding carboxylic acids is 1. The summed E-state index contributed by atoms with van der Waals surface area (Å²) in [6.07, 6.45) is 0. The number of halogens is 1. The summed E-state index contributed by atoms with van der Waals surface area (Å²) in [6.45, 7) is 6.91. The van der Waals surface area contributed by atoms with Gasteiger partial charge in [-0.15, -0.1) is 0 Å². The third-order valence-electron chi connectivity index (χ3n) is 2.23. The van der Waals surface area contributed by atoms with Crippen LogP contribution < -0.4 is 4.74 Å². The lowest BCUT2D eigenvalue weighted by molar-refractivity contribution is -0.155. The number of rotatable bonds is 3. The van der Waals surface area contributed by atoms with Crippen molar-refractivity contribution in [2.75, 3.05) is 7.11 Å². The van der Waals surface area contributed by atoms with Gasteiger partial charge in [0.1, 0.15) is 10.1 Å². The molecule has 0 aliphatic carbocycles. The van der Waals surface area contributed by atoms with Gasteiger partial charge in [-0.25, -0.2) is 4.98 Å². The fourth-order valence-electron chi connectivity index (χ4n) is 1.39. The standard InChI is InChI=1S/C13H16BrN3O3/c1-7-9(14)11(19-5)17-10(16-7)8(6-15)12(18)20-13(2,3)4/h8H,1-5H3. The van der Waals surface area contributed by atoms with Crippen LogP contribution in [0.25, 0.3) is 0 Å². The second-order valence-electron chi connectivity index (χ2n) is 5.09. The molecule has 0 radical (unpaired) electrons. The number of hydrogen-bond acceptors (Lipinski definition) is 6. The molecule has 1 aromatic heterocycles. The highest BCUT2D eigenvalue weighted by Gasteiger charge is 2.30. The summed E-state index contributed by atoms with van der Waals surface area (Å²) < 4.78 is 10.9. The van der Waals surface area contributed by atoms with Gasteiger partial charge < -0.3 is 9.47 Å². The summed E-state index contributed by atoms with van der Waals surface area (Å²) in [5, 5.41) is 9.19. The number of ether oxygens (including phenoxy) is 2. The first-order valence-electron chi connectivity index (χ1n) is 5.90. The van der Waals surface area contributed by atoms with Crippen LogP contribution >= 0.6 is 15.9 Å². The Balaban J connectivity index is 3.17. The maximum Gasteiger partial charge on any atom is 0.331 e. The van der Waals surface area contributed by atoms with Crippen molar-refractivity contribution in [1.82, 2.24) is 9.97 Å². The largest absolute Gasteiger partial charge is 0.480 e. The molecule has 0 bridgehead atoms. The molecule has 1 heterocycles. The van der Waals surface area contributed by atoms with Crippen molar-refractivity contribution in [2.24, 2.45) is 0 Å². The van der Waals surface area contributed by atoms with Crippen molar-refractivity contribution in [1.29, 1.82) is 5.26 Å². The smallest absolute Gasteiger partial charge is 0.331 e. The Morgan fingerprint density at radius 2 is 2.00 bits per heavy atom. The molecule has 0 amide bonds. The van der Waals surface area contributed by atoms with Gasteiger partial charge in [-0.1, -0.05) is 0 Å². The Kier molecular flexibility index (Phi) is 5.06. The van der Waals surface area contributed by atoms with E-state index in [9.17, 15) is 10.1 Å². The van der Waals surface area contributed by atoms with E-state index < -0.39 is 17.5 Å². The molecule has 1 atom stereocenters. The third-order valence-corrected chi connectivity index (χ3v) is 3.14. The molecule has 0 N–H and O–H groups in total. The molecule has 0 aromatic carbocycles. The summed E-state index contributed by atoms with van der Waals surface area (Å²) in [4.78, 5) is 20.2. The predicted molar refractivity (Wildman–Crippen MR) is 75.2 cm³/mol.